The molecule has 0 aliphatic heterocycles. The van der Waals surface area contributed by atoms with E-state index < -0.39 is 0 Å². The zero-order valence-electron chi connectivity index (χ0n) is 11.5. The van der Waals surface area contributed by atoms with Crippen LogP contribution in [0.5, 0.6) is 5.75 Å². The van der Waals surface area contributed by atoms with Crippen LogP contribution in [0.3, 0.4) is 0 Å². The zero-order valence-corrected chi connectivity index (χ0v) is 13.0. The fraction of sp³-hybridized carbons (Fsp3) is 0.235. The smallest absolute Gasteiger partial charge is 0.138 e. The molecule has 21 heavy (non-hydrogen) atoms. The quantitative estimate of drug-likeness (QED) is 0.805. The first-order chi connectivity index (χ1) is 10.1. The molecule has 0 spiro atoms. The lowest BCUT2D eigenvalue weighted by atomic mass is 9.78. The van der Waals surface area contributed by atoms with Crippen molar-refractivity contribution in [1.29, 1.82) is 0 Å². The molecule has 1 aliphatic carbocycles. The summed E-state index contributed by atoms with van der Waals surface area (Å²) < 4.78 is 5.30. The topological polar surface area (TPSA) is 26.3 Å². The third-order valence-corrected chi connectivity index (χ3v) is 4.63. The molecule has 0 heterocycles. The van der Waals surface area contributed by atoms with E-state index in [1.165, 1.54) is 0 Å². The monoisotopic (exact) mass is 320 g/mol. The number of ether oxygens (including phenoxy) is 1. The summed E-state index contributed by atoms with van der Waals surface area (Å²) in [5.41, 5.74) is 3.20. The summed E-state index contributed by atoms with van der Waals surface area (Å²) in [6, 6.07) is 11.4. The Kier molecular flexibility index (Phi) is 3.92. The molecular weight excluding hydrogens is 307 g/mol. The minimum Gasteiger partial charge on any atom is -0.497 e. The van der Waals surface area contributed by atoms with Crippen LogP contribution >= 0.6 is 23.2 Å². The molecule has 108 valence electrons. The molecule has 3 rings (SSSR count). The number of carbonyl (C=O) groups excluding carboxylic acids is 1. The van der Waals surface area contributed by atoms with Crippen molar-refractivity contribution in [3.63, 3.8) is 0 Å². The molecule has 0 radical (unpaired) electrons. The molecule has 0 bridgehead atoms. The first kappa shape index (κ1) is 14.4. The van der Waals surface area contributed by atoms with Gasteiger partial charge in [0.2, 0.25) is 0 Å². The van der Waals surface area contributed by atoms with Crippen LogP contribution in [0.4, 0.5) is 0 Å². The van der Waals surface area contributed by atoms with E-state index in [-0.39, 0.29) is 11.7 Å². The van der Waals surface area contributed by atoms with Crippen molar-refractivity contribution in [2.45, 2.75) is 18.8 Å². The van der Waals surface area contributed by atoms with E-state index in [9.17, 15) is 4.79 Å². The Morgan fingerprint density at radius 1 is 1.10 bits per heavy atom. The molecule has 2 nitrogen and oxygen atoms in total. The average Bonchev–Trinajstić information content (AvgIpc) is 2.48. The van der Waals surface area contributed by atoms with E-state index in [1.54, 1.807) is 13.2 Å². The lowest BCUT2D eigenvalue weighted by molar-refractivity contribution is -0.119. The van der Waals surface area contributed by atoms with E-state index in [2.05, 4.69) is 0 Å². The van der Waals surface area contributed by atoms with Gasteiger partial charge in [-0.15, -0.1) is 0 Å². The SMILES string of the molecule is COc1ccc2c(c1)C(c1ccc(Cl)c(Cl)c1)CC(=O)C2. The highest BCUT2D eigenvalue weighted by molar-refractivity contribution is 6.42. The van der Waals surface area contributed by atoms with Crippen LogP contribution in [0.2, 0.25) is 10.0 Å². The number of hydrogen-bond acceptors (Lipinski definition) is 2. The summed E-state index contributed by atoms with van der Waals surface area (Å²) in [7, 11) is 1.64. The summed E-state index contributed by atoms with van der Waals surface area (Å²) in [6.45, 7) is 0. The van der Waals surface area contributed by atoms with Gasteiger partial charge in [0, 0.05) is 18.8 Å². The molecule has 2 aromatic rings. The number of benzene rings is 2. The molecular formula is C17H14Cl2O2. The average molecular weight is 321 g/mol. The van der Waals surface area contributed by atoms with E-state index in [1.807, 2.05) is 30.3 Å². The second-order valence-corrected chi connectivity index (χ2v) is 6.02. The fourth-order valence-corrected chi connectivity index (χ4v) is 3.14. The highest BCUT2D eigenvalue weighted by Crippen LogP contribution is 2.38. The molecule has 0 aromatic heterocycles. The van der Waals surface area contributed by atoms with Gasteiger partial charge in [-0.3, -0.25) is 4.79 Å². The first-order valence-corrected chi connectivity index (χ1v) is 7.47. The van der Waals surface area contributed by atoms with Gasteiger partial charge in [-0.05, 0) is 41.0 Å². The summed E-state index contributed by atoms with van der Waals surface area (Å²) in [5, 5.41) is 1.03. The Morgan fingerprint density at radius 2 is 1.90 bits per heavy atom. The summed E-state index contributed by atoms with van der Waals surface area (Å²) >= 11 is 12.1. The minimum atomic E-state index is 0.00566. The Bertz CT molecular complexity index is 710. The third-order valence-electron chi connectivity index (χ3n) is 3.89. The molecule has 4 heteroatoms. The van der Waals surface area contributed by atoms with Crippen molar-refractivity contribution in [2.24, 2.45) is 0 Å². The summed E-state index contributed by atoms with van der Waals surface area (Å²) in [4.78, 5) is 12.0. The molecule has 0 fully saturated rings. The highest BCUT2D eigenvalue weighted by Gasteiger charge is 2.27. The van der Waals surface area contributed by atoms with Crippen LogP contribution in [0.15, 0.2) is 36.4 Å². The van der Waals surface area contributed by atoms with E-state index in [0.717, 1.165) is 22.4 Å². The van der Waals surface area contributed by atoms with Crippen LogP contribution in [-0.2, 0) is 11.2 Å². The third kappa shape index (κ3) is 2.78. The van der Waals surface area contributed by atoms with Crippen LogP contribution in [0.1, 0.15) is 29.0 Å². The van der Waals surface area contributed by atoms with E-state index >= 15 is 0 Å². The largest absolute Gasteiger partial charge is 0.497 e. The van der Waals surface area contributed by atoms with Crippen LogP contribution in [0.25, 0.3) is 0 Å². The number of ketones is 1. The van der Waals surface area contributed by atoms with Crippen molar-refractivity contribution < 1.29 is 9.53 Å². The number of halogens is 2. The second kappa shape index (κ2) is 5.70. The fourth-order valence-electron chi connectivity index (χ4n) is 2.83. The van der Waals surface area contributed by atoms with Crippen molar-refractivity contribution >= 4 is 29.0 Å². The lowest BCUT2D eigenvalue weighted by Gasteiger charge is -2.26. The van der Waals surface area contributed by atoms with Gasteiger partial charge < -0.3 is 4.74 Å². The Labute approximate surface area is 133 Å². The number of methoxy groups -OCH3 is 1. The Hall–Kier alpha value is -1.51. The maximum absolute atomic E-state index is 12.0. The molecule has 1 aliphatic rings. The Morgan fingerprint density at radius 3 is 2.62 bits per heavy atom. The van der Waals surface area contributed by atoms with Gasteiger partial charge in [0.25, 0.3) is 0 Å². The zero-order chi connectivity index (χ0) is 15.0. The molecule has 1 atom stereocenters. The van der Waals surface area contributed by atoms with Crippen molar-refractivity contribution in [3.05, 3.63) is 63.1 Å². The molecule has 0 saturated carbocycles. The van der Waals surface area contributed by atoms with Gasteiger partial charge in [-0.25, -0.2) is 0 Å². The van der Waals surface area contributed by atoms with E-state index in [4.69, 9.17) is 27.9 Å². The lowest BCUT2D eigenvalue weighted by Crippen LogP contribution is -2.19. The van der Waals surface area contributed by atoms with Crippen molar-refractivity contribution in [2.75, 3.05) is 7.11 Å². The maximum Gasteiger partial charge on any atom is 0.138 e. The molecule has 0 saturated heterocycles. The molecule has 2 aromatic carbocycles. The van der Waals surface area contributed by atoms with Crippen molar-refractivity contribution in [3.8, 4) is 5.75 Å². The van der Waals surface area contributed by atoms with Gasteiger partial charge in [-0.1, -0.05) is 35.3 Å². The summed E-state index contributed by atoms with van der Waals surface area (Å²) in [6.07, 6.45) is 0.968. The van der Waals surface area contributed by atoms with Gasteiger partial charge >= 0.3 is 0 Å². The molecule has 1 unspecified atom stereocenters. The number of rotatable bonds is 2. The number of Topliss-reactive ketones (excluding diaryl/α,β-unsaturated/α-hetero) is 1. The molecule has 0 N–H and O–H groups in total. The summed E-state index contributed by atoms with van der Waals surface area (Å²) in [5.74, 6) is 1.04. The normalized spacial score (nSPS) is 17.5. The van der Waals surface area contributed by atoms with Crippen LogP contribution < -0.4 is 4.74 Å². The van der Waals surface area contributed by atoms with Crippen LogP contribution in [-0.4, -0.2) is 12.9 Å². The van der Waals surface area contributed by atoms with Crippen LogP contribution in [0, 0.1) is 0 Å². The van der Waals surface area contributed by atoms with Gasteiger partial charge in [0.15, 0.2) is 0 Å². The number of fused-ring (bicyclic) bond motifs is 1. The van der Waals surface area contributed by atoms with Crippen molar-refractivity contribution in [1.82, 2.24) is 0 Å². The Balaban J connectivity index is 2.10. The number of carbonyl (C=O) groups is 1. The predicted molar refractivity (Wildman–Crippen MR) is 84.6 cm³/mol. The first-order valence-electron chi connectivity index (χ1n) is 6.72. The highest BCUT2D eigenvalue weighted by atomic mass is 35.5. The maximum atomic E-state index is 12.0. The number of hydrogen-bond donors (Lipinski definition) is 0. The molecule has 0 amide bonds. The van der Waals surface area contributed by atoms with E-state index in [0.29, 0.717) is 22.9 Å². The van der Waals surface area contributed by atoms with Gasteiger partial charge in [0.1, 0.15) is 11.5 Å². The minimum absolute atomic E-state index is 0.00566. The van der Waals surface area contributed by atoms with Gasteiger partial charge in [0.05, 0.1) is 17.2 Å². The van der Waals surface area contributed by atoms with Gasteiger partial charge in [-0.2, -0.15) is 0 Å². The predicted octanol–water partition coefficient (Wildman–Crippen LogP) is 4.65. The standard InChI is InChI=1S/C17H14Cl2O2/c1-21-13-4-2-10-6-12(20)8-14(15(10)9-13)11-3-5-16(18)17(19)7-11/h2-5,7,9,14H,6,8H2,1H3. The second-order valence-electron chi connectivity index (χ2n) is 5.21.